The maximum Gasteiger partial charge on any atom is 0.265 e. The largest absolute Gasteiger partial charge is 0.399 e. The standard InChI is InChI=1S/C11H8ClN5O2S/c12-10-3-4-15-11(16-10)17-20(18,19)9-2-1-8(14)5-7(9)6-13/h1-5H,14H2,(H,15,16,17). The second kappa shape index (κ2) is 5.32. The molecular weight excluding hydrogens is 302 g/mol. The molecule has 1 heterocycles. The molecule has 0 bridgehead atoms. The molecule has 20 heavy (non-hydrogen) atoms. The first-order chi connectivity index (χ1) is 9.42. The summed E-state index contributed by atoms with van der Waals surface area (Å²) in [4.78, 5) is 7.23. The Labute approximate surface area is 120 Å². The minimum absolute atomic E-state index is 0.0699. The van der Waals surface area contributed by atoms with Crippen LogP contribution in [-0.4, -0.2) is 18.4 Å². The van der Waals surface area contributed by atoms with Gasteiger partial charge in [-0.05, 0) is 24.3 Å². The van der Waals surface area contributed by atoms with Crippen molar-refractivity contribution in [2.45, 2.75) is 4.90 Å². The number of hydrogen-bond donors (Lipinski definition) is 2. The van der Waals surface area contributed by atoms with E-state index in [1.807, 2.05) is 0 Å². The number of aromatic nitrogens is 2. The lowest BCUT2D eigenvalue weighted by Crippen LogP contribution is -2.16. The van der Waals surface area contributed by atoms with Gasteiger partial charge in [0.1, 0.15) is 16.1 Å². The maximum atomic E-state index is 12.2. The van der Waals surface area contributed by atoms with Gasteiger partial charge in [-0.2, -0.15) is 5.26 Å². The zero-order valence-electron chi connectivity index (χ0n) is 9.91. The van der Waals surface area contributed by atoms with E-state index in [4.69, 9.17) is 22.6 Å². The summed E-state index contributed by atoms with van der Waals surface area (Å²) < 4.78 is 26.5. The van der Waals surface area contributed by atoms with Crippen LogP contribution >= 0.6 is 11.6 Å². The molecule has 1 aromatic carbocycles. The lowest BCUT2D eigenvalue weighted by atomic mass is 10.2. The van der Waals surface area contributed by atoms with E-state index in [1.54, 1.807) is 6.07 Å². The Bertz CT molecular complexity index is 801. The third kappa shape index (κ3) is 2.96. The van der Waals surface area contributed by atoms with Crippen LogP contribution in [0.1, 0.15) is 5.56 Å². The number of sulfonamides is 1. The summed E-state index contributed by atoms with van der Waals surface area (Å²) in [6.45, 7) is 0. The van der Waals surface area contributed by atoms with E-state index in [9.17, 15) is 8.42 Å². The molecule has 0 unspecified atom stereocenters. The maximum absolute atomic E-state index is 12.2. The third-order valence-corrected chi connectivity index (χ3v) is 3.86. The highest BCUT2D eigenvalue weighted by atomic mass is 35.5. The van der Waals surface area contributed by atoms with Crippen LogP contribution in [0.4, 0.5) is 11.6 Å². The Morgan fingerprint density at radius 3 is 2.75 bits per heavy atom. The molecule has 0 atom stereocenters. The summed E-state index contributed by atoms with van der Waals surface area (Å²) in [6.07, 6.45) is 1.31. The van der Waals surface area contributed by atoms with Crippen molar-refractivity contribution in [3.05, 3.63) is 41.2 Å². The molecule has 0 saturated heterocycles. The molecule has 7 nitrogen and oxygen atoms in total. The average molecular weight is 310 g/mol. The minimum atomic E-state index is -4.00. The summed E-state index contributed by atoms with van der Waals surface area (Å²) in [7, 11) is -4.00. The molecule has 0 saturated carbocycles. The summed E-state index contributed by atoms with van der Waals surface area (Å²) in [5, 5.41) is 9.06. The van der Waals surface area contributed by atoms with E-state index in [2.05, 4.69) is 14.7 Å². The first kappa shape index (κ1) is 14.0. The van der Waals surface area contributed by atoms with Gasteiger partial charge < -0.3 is 5.73 Å². The predicted molar refractivity (Wildman–Crippen MR) is 73.4 cm³/mol. The molecule has 0 aliphatic rings. The highest BCUT2D eigenvalue weighted by Gasteiger charge is 2.20. The number of halogens is 1. The summed E-state index contributed by atoms with van der Waals surface area (Å²) in [6, 6.07) is 7.07. The van der Waals surface area contributed by atoms with Crippen molar-refractivity contribution in [2.24, 2.45) is 0 Å². The number of benzene rings is 1. The number of nitriles is 1. The van der Waals surface area contributed by atoms with Crippen LogP contribution in [0.3, 0.4) is 0 Å². The Morgan fingerprint density at radius 1 is 1.35 bits per heavy atom. The van der Waals surface area contributed by atoms with Gasteiger partial charge in [-0.25, -0.2) is 23.1 Å². The van der Waals surface area contributed by atoms with Crippen molar-refractivity contribution >= 4 is 33.3 Å². The van der Waals surface area contributed by atoms with Crippen LogP contribution in [0.2, 0.25) is 5.15 Å². The van der Waals surface area contributed by atoms with E-state index in [0.717, 1.165) is 0 Å². The number of anilines is 2. The summed E-state index contributed by atoms with van der Waals surface area (Å²) in [5.41, 5.74) is 5.73. The predicted octanol–water partition coefficient (Wildman–Crippen LogP) is 1.38. The topological polar surface area (TPSA) is 122 Å². The average Bonchev–Trinajstić information content (AvgIpc) is 2.37. The van der Waals surface area contributed by atoms with Gasteiger partial charge in [0.15, 0.2) is 0 Å². The normalized spacial score (nSPS) is 10.8. The van der Waals surface area contributed by atoms with Gasteiger partial charge in [0, 0.05) is 11.9 Å². The molecule has 0 amide bonds. The lowest BCUT2D eigenvalue weighted by molar-refractivity contribution is 0.600. The first-order valence-electron chi connectivity index (χ1n) is 5.23. The monoisotopic (exact) mass is 309 g/mol. The Kier molecular flexibility index (Phi) is 3.74. The van der Waals surface area contributed by atoms with Crippen LogP contribution < -0.4 is 10.5 Å². The van der Waals surface area contributed by atoms with E-state index in [-0.39, 0.29) is 21.6 Å². The van der Waals surface area contributed by atoms with Gasteiger partial charge in [-0.3, -0.25) is 0 Å². The van der Waals surface area contributed by atoms with Crippen LogP contribution in [0.25, 0.3) is 0 Å². The number of rotatable bonds is 3. The molecule has 0 spiro atoms. The van der Waals surface area contributed by atoms with Gasteiger partial charge >= 0.3 is 0 Å². The van der Waals surface area contributed by atoms with Gasteiger partial charge in [0.25, 0.3) is 10.0 Å². The third-order valence-electron chi connectivity index (χ3n) is 2.26. The van der Waals surface area contributed by atoms with Crippen LogP contribution in [-0.2, 0) is 10.0 Å². The zero-order chi connectivity index (χ0) is 14.8. The highest BCUT2D eigenvalue weighted by Crippen LogP contribution is 2.20. The molecule has 2 aromatic rings. The fourth-order valence-electron chi connectivity index (χ4n) is 1.43. The minimum Gasteiger partial charge on any atom is -0.399 e. The second-order valence-electron chi connectivity index (χ2n) is 3.68. The molecule has 0 aliphatic carbocycles. The van der Waals surface area contributed by atoms with Crippen LogP contribution in [0.15, 0.2) is 35.4 Å². The van der Waals surface area contributed by atoms with Crippen molar-refractivity contribution < 1.29 is 8.42 Å². The number of nitrogens with one attached hydrogen (secondary N) is 1. The van der Waals surface area contributed by atoms with E-state index in [0.29, 0.717) is 5.69 Å². The van der Waals surface area contributed by atoms with Gasteiger partial charge in [0.2, 0.25) is 5.95 Å². The zero-order valence-corrected chi connectivity index (χ0v) is 11.5. The fourth-order valence-corrected chi connectivity index (χ4v) is 2.66. The van der Waals surface area contributed by atoms with Crippen LogP contribution in [0.5, 0.6) is 0 Å². The quantitative estimate of drug-likeness (QED) is 0.652. The Hall–Kier alpha value is -2.37. The van der Waals surface area contributed by atoms with Gasteiger partial charge in [-0.1, -0.05) is 11.6 Å². The second-order valence-corrected chi connectivity index (χ2v) is 5.71. The lowest BCUT2D eigenvalue weighted by Gasteiger charge is -2.08. The highest BCUT2D eigenvalue weighted by molar-refractivity contribution is 7.92. The molecular formula is C11H8ClN5O2S. The van der Waals surface area contributed by atoms with Crippen molar-refractivity contribution in [1.82, 2.24) is 9.97 Å². The van der Waals surface area contributed by atoms with Crippen molar-refractivity contribution in [1.29, 1.82) is 5.26 Å². The molecule has 0 aliphatic heterocycles. The molecule has 0 fully saturated rings. The van der Waals surface area contributed by atoms with Crippen LogP contribution in [0, 0.1) is 11.3 Å². The number of nitrogens with two attached hydrogens (primary N) is 1. The molecule has 2 rings (SSSR count). The first-order valence-corrected chi connectivity index (χ1v) is 7.09. The van der Waals surface area contributed by atoms with Crippen molar-refractivity contribution in [3.63, 3.8) is 0 Å². The number of nitrogens with zero attached hydrogens (tertiary/aromatic N) is 3. The van der Waals surface area contributed by atoms with Gasteiger partial charge in [0.05, 0.1) is 5.56 Å². The van der Waals surface area contributed by atoms with E-state index < -0.39 is 10.0 Å². The molecule has 102 valence electrons. The Balaban J connectivity index is 2.44. The van der Waals surface area contributed by atoms with Crippen molar-refractivity contribution in [2.75, 3.05) is 10.5 Å². The molecule has 1 aromatic heterocycles. The van der Waals surface area contributed by atoms with E-state index >= 15 is 0 Å². The van der Waals surface area contributed by atoms with Crippen molar-refractivity contribution in [3.8, 4) is 6.07 Å². The SMILES string of the molecule is N#Cc1cc(N)ccc1S(=O)(=O)Nc1nccc(Cl)n1. The Morgan fingerprint density at radius 2 is 2.10 bits per heavy atom. The summed E-state index contributed by atoms with van der Waals surface area (Å²) >= 11 is 5.64. The smallest absolute Gasteiger partial charge is 0.265 e. The molecule has 9 heteroatoms. The molecule has 0 radical (unpaired) electrons. The van der Waals surface area contributed by atoms with Gasteiger partial charge in [-0.15, -0.1) is 0 Å². The fraction of sp³-hybridized carbons (Fsp3) is 0. The summed E-state index contributed by atoms with van der Waals surface area (Å²) in [5.74, 6) is -0.182. The number of nitrogen functional groups attached to an aromatic ring is 1. The van der Waals surface area contributed by atoms with E-state index in [1.165, 1.54) is 30.5 Å². The number of hydrogen-bond acceptors (Lipinski definition) is 6. The molecule has 3 N–H and O–H groups in total.